The first kappa shape index (κ1) is 22.0. The van der Waals surface area contributed by atoms with Crippen LogP contribution in [-0.4, -0.2) is 17.9 Å². The molecule has 160 valence electrons. The summed E-state index contributed by atoms with van der Waals surface area (Å²) in [6.07, 6.45) is -0.0391. The molecule has 0 saturated heterocycles. The molecule has 0 saturated carbocycles. The summed E-state index contributed by atoms with van der Waals surface area (Å²) in [5, 5.41) is 2.55. The van der Waals surface area contributed by atoms with Gasteiger partial charge in [0.05, 0.1) is 6.42 Å². The highest BCUT2D eigenvalue weighted by atomic mass is 19.2. The lowest BCUT2D eigenvalue weighted by Crippen LogP contribution is -2.46. The van der Waals surface area contributed by atoms with Crippen LogP contribution in [0.25, 0.3) is 0 Å². The number of ether oxygens (including phenoxy) is 1. The zero-order valence-electron chi connectivity index (χ0n) is 16.7. The average molecular weight is 424 g/mol. The Kier molecular flexibility index (Phi) is 7.32. The summed E-state index contributed by atoms with van der Waals surface area (Å²) in [6, 6.07) is 19.1. The van der Waals surface area contributed by atoms with E-state index in [0.29, 0.717) is 12.4 Å². The number of halogens is 2. The fourth-order valence-electron chi connectivity index (χ4n) is 3.04. The normalized spacial score (nSPS) is 11.5. The number of carbonyl (C=O) groups excluding carboxylic acids is 2. The highest BCUT2D eigenvalue weighted by molar-refractivity contribution is 5.87. The fourth-order valence-corrected chi connectivity index (χ4v) is 3.04. The van der Waals surface area contributed by atoms with E-state index < -0.39 is 29.5 Å². The van der Waals surface area contributed by atoms with E-state index in [-0.39, 0.29) is 18.4 Å². The minimum atomic E-state index is -1.04. The first-order chi connectivity index (χ1) is 14.9. The number of carbonyl (C=O) groups is 2. The van der Waals surface area contributed by atoms with E-state index in [1.807, 2.05) is 30.3 Å². The van der Waals surface area contributed by atoms with Gasteiger partial charge in [0.1, 0.15) is 18.4 Å². The van der Waals surface area contributed by atoms with E-state index in [1.165, 1.54) is 6.07 Å². The quantitative estimate of drug-likeness (QED) is 0.553. The summed E-state index contributed by atoms with van der Waals surface area (Å²) < 4.78 is 32.1. The van der Waals surface area contributed by atoms with Crippen LogP contribution in [0.5, 0.6) is 5.75 Å². The van der Waals surface area contributed by atoms with Crippen LogP contribution in [0.2, 0.25) is 0 Å². The topological polar surface area (TPSA) is 81.4 Å². The largest absolute Gasteiger partial charge is 0.489 e. The molecule has 0 aliphatic rings. The smallest absolute Gasteiger partial charge is 0.240 e. The van der Waals surface area contributed by atoms with Gasteiger partial charge in [-0.15, -0.1) is 0 Å². The van der Waals surface area contributed by atoms with Crippen LogP contribution in [0.3, 0.4) is 0 Å². The highest BCUT2D eigenvalue weighted by Crippen LogP contribution is 2.17. The molecule has 2 amide bonds. The molecule has 0 spiro atoms. The van der Waals surface area contributed by atoms with Crippen molar-refractivity contribution < 1.29 is 23.1 Å². The van der Waals surface area contributed by atoms with Gasteiger partial charge in [0, 0.05) is 6.42 Å². The summed E-state index contributed by atoms with van der Waals surface area (Å²) >= 11 is 0. The fraction of sp³-hybridized carbons (Fsp3) is 0.167. The number of hydrogen-bond acceptors (Lipinski definition) is 3. The molecule has 1 atom stereocenters. The number of nitrogens with two attached hydrogens (primary N) is 1. The van der Waals surface area contributed by atoms with Crippen LogP contribution >= 0.6 is 0 Å². The first-order valence-electron chi connectivity index (χ1n) is 9.69. The summed E-state index contributed by atoms with van der Waals surface area (Å²) in [7, 11) is 0. The Bertz CT molecular complexity index is 1060. The Morgan fingerprint density at radius 1 is 0.871 bits per heavy atom. The minimum absolute atomic E-state index is 0.168. The molecule has 0 fully saturated rings. The van der Waals surface area contributed by atoms with Crippen molar-refractivity contribution in [1.29, 1.82) is 0 Å². The summed E-state index contributed by atoms with van der Waals surface area (Å²) in [5.41, 5.74) is 7.51. The number of benzene rings is 3. The van der Waals surface area contributed by atoms with Gasteiger partial charge in [-0.2, -0.15) is 0 Å². The molecule has 3 aromatic carbocycles. The Balaban J connectivity index is 1.60. The third-order valence-electron chi connectivity index (χ3n) is 4.61. The molecule has 3 N–H and O–H groups in total. The molecule has 31 heavy (non-hydrogen) atoms. The van der Waals surface area contributed by atoms with Crippen LogP contribution in [0, 0.1) is 11.6 Å². The molecule has 0 aliphatic heterocycles. The van der Waals surface area contributed by atoms with Crippen LogP contribution < -0.4 is 15.8 Å². The molecule has 5 nitrogen and oxygen atoms in total. The van der Waals surface area contributed by atoms with Crippen LogP contribution in [0.1, 0.15) is 16.7 Å². The maximum absolute atomic E-state index is 13.3. The highest BCUT2D eigenvalue weighted by Gasteiger charge is 2.19. The van der Waals surface area contributed by atoms with Gasteiger partial charge in [-0.05, 0) is 41.0 Å². The summed E-state index contributed by atoms with van der Waals surface area (Å²) in [5.74, 6) is -2.63. The SMILES string of the molecule is NC(=O)[C@H](Cc1cccc(OCc2ccccc2)c1)NC(=O)Cc1ccc(F)c(F)c1. The van der Waals surface area contributed by atoms with Crippen LogP contribution in [0.15, 0.2) is 72.8 Å². The van der Waals surface area contributed by atoms with Crippen molar-refractivity contribution in [3.63, 3.8) is 0 Å². The van der Waals surface area contributed by atoms with E-state index in [9.17, 15) is 18.4 Å². The summed E-state index contributed by atoms with van der Waals surface area (Å²) in [4.78, 5) is 24.1. The predicted molar refractivity (Wildman–Crippen MR) is 112 cm³/mol. The van der Waals surface area contributed by atoms with E-state index in [4.69, 9.17) is 10.5 Å². The van der Waals surface area contributed by atoms with Gasteiger partial charge < -0.3 is 15.8 Å². The van der Waals surface area contributed by atoms with Gasteiger partial charge in [-0.3, -0.25) is 9.59 Å². The van der Waals surface area contributed by atoms with Gasteiger partial charge in [0.25, 0.3) is 0 Å². The second-order valence-electron chi connectivity index (χ2n) is 7.07. The van der Waals surface area contributed by atoms with E-state index in [2.05, 4.69) is 5.32 Å². The minimum Gasteiger partial charge on any atom is -0.489 e. The maximum atomic E-state index is 13.3. The van der Waals surface area contributed by atoms with Crippen molar-refractivity contribution in [2.24, 2.45) is 5.73 Å². The first-order valence-corrected chi connectivity index (χ1v) is 9.69. The lowest BCUT2D eigenvalue weighted by molar-refractivity contribution is -0.127. The third-order valence-corrected chi connectivity index (χ3v) is 4.61. The van der Waals surface area contributed by atoms with Gasteiger partial charge in [0.15, 0.2) is 11.6 Å². The molecule has 0 radical (unpaired) electrons. The van der Waals surface area contributed by atoms with Crippen molar-refractivity contribution in [1.82, 2.24) is 5.32 Å². The summed E-state index contributed by atoms with van der Waals surface area (Å²) in [6.45, 7) is 0.397. The molecule has 0 aliphatic carbocycles. The number of amides is 2. The van der Waals surface area contributed by atoms with Gasteiger partial charge in [-0.25, -0.2) is 8.78 Å². The molecule has 0 heterocycles. The second-order valence-corrected chi connectivity index (χ2v) is 7.07. The van der Waals surface area contributed by atoms with Crippen molar-refractivity contribution in [3.8, 4) is 5.75 Å². The van der Waals surface area contributed by atoms with Crippen molar-refractivity contribution in [3.05, 3.63) is 101 Å². The van der Waals surface area contributed by atoms with E-state index >= 15 is 0 Å². The molecule has 0 unspecified atom stereocenters. The van der Waals surface area contributed by atoms with Crippen molar-refractivity contribution in [2.75, 3.05) is 0 Å². The average Bonchev–Trinajstić information content (AvgIpc) is 2.75. The maximum Gasteiger partial charge on any atom is 0.240 e. The zero-order chi connectivity index (χ0) is 22.2. The Morgan fingerprint density at radius 2 is 1.61 bits per heavy atom. The number of rotatable bonds is 9. The molecule has 0 bridgehead atoms. The molecule has 0 aromatic heterocycles. The van der Waals surface area contributed by atoms with Crippen molar-refractivity contribution in [2.45, 2.75) is 25.5 Å². The Hall–Kier alpha value is -3.74. The van der Waals surface area contributed by atoms with E-state index in [0.717, 1.165) is 23.3 Å². The molecule has 3 rings (SSSR count). The van der Waals surface area contributed by atoms with Gasteiger partial charge >= 0.3 is 0 Å². The van der Waals surface area contributed by atoms with Crippen LogP contribution in [-0.2, 0) is 29.0 Å². The molecule has 3 aromatic rings. The lowest BCUT2D eigenvalue weighted by Gasteiger charge is -2.16. The number of nitrogens with one attached hydrogen (secondary N) is 1. The second kappa shape index (κ2) is 10.3. The standard InChI is InChI=1S/C24H22F2N2O3/c25-20-10-9-18(12-21(20)26)14-23(29)28-22(24(27)30)13-17-7-4-8-19(11-17)31-15-16-5-2-1-3-6-16/h1-12,22H,13-15H2,(H2,27,30)(H,28,29)/t22-/m0/s1. The zero-order valence-corrected chi connectivity index (χ0v) is 16.7. The predicted octanol–water partition coefficient (Wildman–Crippen LogP) is 3.30. The van der Waals surface area contributed by atoms with E-state index in [1.54, 1.807) is 24.3 Å². The van der Waals surface area contributed by atoms with Gasteiger partial charge in [0.2, 0.25) is 11.8 Å². The molecule has 7 heteroatoms. The Morgan fingerprint density at radius 3 is 2.32 bits per heavy atom. The number of hydrogen-bond donors (Lipinski definition) is 2. The lowest BCUT2D eigenvalue weighted by atomic mass is 10.0. The number of primary amides is 1. The molecular formula is C24H22F2N2O3. The third kappa shape index (κ3) is 6.64. The van der Waals surface area contributed by atoms with Crippen LogP contribution in [0.4, 0.5) is 8.78 Å². The Labute approximate surface area is 178 Å². The monoisotopic (exact) mass is 424 g/mol. The molecular weight excluding hydrogens is 402 g/mol. The van der Waals surface area contributed by atoms with Crippen molar-refractivity contribution >= 4 is 11.8 Å². The van der Waals surface area contributed by atoms with Gasteiger partial charge in [-0.1, -0.05) is 48.5 Å².